The number of rotatable bonds is 12. The number of alkyl halides is 1. The molecule has 4 heterocycles. The highest BCUT2D eigenvalue weighted by molar-refractivity contribution is 7.27. The maximum atomic E-state index is 15.2. The van der Waals surface area contributed by atoms with E-state index in [9.17, 15) is 9.90 Å². The number of carbonyl (C=O) groups is 1. The van der Waals surface area contributed by atoms with Crippen LogP contribution in [-0.2, 0) is 22.4 Å². The largest absolute Gasteiger partial charge is 0.490 e. The average Bonchev–Trinajstić information content (AvgIpc) is 3.45. The second kappa shape index (κ2) is 14.1. The summed E-state index contributed by atoms with van der Waals surface area (Å²) >= 11 is 0. The van der Waals surface area contributed by atoms with Gasteiger partial charge in [-0.15, -0.1) is 18.5 Å². The minimum absolute atomic E-state index is 0.0975. The van der Waals surface area contributed by atoms with E-state index in [1.165, 1.54) is 12.0 Å². The zero-order valence-electron chi connectivity index (χ0n) is 23.8. The molecule has 224 valence electrons. The van der Waals surface area contributed by atoms with Crippen molar-refractivity contribution in [2.24, 2.45) is 5.92 Å². The van der Waals surface area contributed by atoms with Crippen molar-refractivity contribution in [3.8, 4) is 5.75 Å². The number of benzene rings is 1. The van der Waals surface area contributed by atoms with E-state index in [4.69, 9.17) is 14.5 Å². The van der Waals surface area contributed by atoms with E-state index in [-0.39, 0.29) is 19.4 Å². The van der Waals surface area contributed by atoms with Crippen molar-refractivity contribution < 1.29 is 23.8 Å². The maximum absolute atomic E-state index is 15.2. The van der Waals surface area contributed by atoms with Crippen LogP contribution in [0, 0.1) is 5.92 Å². The fraction of sp³-hybridized carbons (Fsp3) is 0.613. The molecule has 1 aromatic carbocycles. The molecule has 2 saturated heterocycles. The van der Waals surface area contributed by atoms with Gasteiger partial charge in [0.15, 0.2) is 0 Å². The molecule has 5 rings (SSSR count). The predicted molar refractivity (Wildman–Crippen MR) is 167 cm³/mol. The summed E-state index contributed by atoms with van der Waals surface area (Å²) in [6.07, 6.45) is 8.08. The third-order valence-corrected chi connectivity index (χ3v) is 10.1. The summed E-state index contributed by atoms with van der Waals surface area (Å²) in [7, 11) is 5.66. The Bertz CT molecular complexity index is 1200. The number of likely N-dealkylation sites (tertiary alicyclic amines) is 1. The van der Waals surface area contributed by atoms with Gasteiger partial charge in [0.2, 0.25) is 0 Å². The summed E-state index contributed by atoms with van der Waals surface area (Å²) in [6, 6.07) is 9.04. The first-order valence-electron chi connectivity index (χ1n) is 15.1. The molecule has 10 heteroatoms. The quantitative estimate of drug-likeness (QED) is 0.263. The van der Waals surface area contributed by atoms with Gasteiger partial charge in [0.05, 0.1) is 0 Å². The predicted octanol–water partition coefficient (Wildman–Crippen LogP) is 4.94. The van der Waals surface area contributed by atoms with Gasteiger partial charge in [0.25, 0.3) is 0 Å². The van der Waals surface area contributed by atoms with Crippen molar-refractivity contribution in [2.45, 2.75) is 75.2 Å². The standard InChI is InChI=1S/C31H44FN3O4P2/c32-31(12-16-38-17-13-31)20-39-26-10-9-24(40)18-25(26)28(30(36)37)35-15-11-22(19-35)27(41)6-2-1-5-23-8-7-21-4-3-14-33-29(21)34-23/h7-10,18,22,27-28H,1-6,11-17,19-20,40-41H2,(H,33,34)(H,36,37)/t22-,27?,28?/m1/s1. The lowest BCUT2D eigenvalue weighted by Gasteiger charge is -2.31. The molecule has 4 unspecified atom stereocenters. The number of aromatic nitrogens is 1. The Hall–Kier alpha value is -1.85. The molecule has 1 aromatic heterocycles. The van der Waals surface area contributed by atoms with Crippen molar-refractivity contribution >= 4 is 35.6 Å². The number of hydrogen-bond donors (Lipinski definition) is 2. The number of unbranched alkanes of at least 4 members (excludes halogenated alkanes) is 1. The lowest BCUT2D eigenvalue weighted by molar-refractivity contribution is -0.143. The normalized spacial score (nSPS) is 22.0. The number of halogens is 1. The summed E-state index contributed by atoms with van der Waals surface area (Å²) in [5.74, 6) is 1.02. The molecule has 5 atom stereocenters. The highest BCUT2D eigenvalue weighted by atomic mass is 31.0. The third kappa shape index (κ3) is 7.96. The van der Waals surface area contributed by atoms with Gasteiger partial charge >= 0.3 is 5.97 Å². The first-order valence-corrected chi connectivity index (χ1v) is 16.3. The number of carboxylic acid groups (broad SMARTS) is 1. The Balaban J connectivity index is 1.15. The second-order valence-electron chi connectivity index (χ2n) is 11.9. The molecule has 0 amide bonds. The number of hydrogen-bond acceptors (Lipinski definition) is 6. The first-order chi connectivity index (χ1) is 19.8. The molecule has 0 spiro atoms. The molecule has 0 bridgehead atoms. The van der Waals surface area contributed by atoms with Gasteiger partial charge in [-0.3, -0.25) is 9.69 Å². The van der Waals surface area contributed by atoms with Crippen LogP contribution in [0.1, 0.15) is 67.8 Å². The van der Waals surface area contributed by atoms with Crippen molar-refractivity contribution in [1.29, 1.82) is 0 Å². The van der Waals surface area contributed by atoms with E-state index in [0.29, 0.717) is 49.2 Å². The molecule has 0 radical (unpaired) electrons. The molecule has 3 aliphatic rings. The Morgan fingerprint density at radius 3 is 2.90 bits per heavy atom. The highest BCUT2D eigenvalue weighted by Crippen LogP contribution is 2.37. The van der Waals surface area contributed by atoms with Crippen LogP contribution in [0.3, 0.4) is 0 Å². The third-order valence-electron chi connectivity index (χ3n) is 8.84. The van der Waals surface area contributed by atoms with Gasteiger partial charge in [-0.2, -0.15) is 0 Å². The fourth-order valence-corrected chi connectivity index (χ4v) is 7.14. The lowest BCUT2D eigenvalue weighted by atomic mass is 9.97. The zero-order valence-corrected chi connectivity index (χ0v) is 26.1. The Morgan fingerprint density at radius 1 is 1.27 bits per heavy atom. The van der Waals surface area contributed by atoms with Gasteiger partial charge in [-0.25, -0.2) is 9.37 Å². The van der Waals surface area contributed by atoms with Gasteiger partial charge in [0.1, 0.15) is 29.9 Å². The lowest BCUT2D eigenvalue weighted by Crippen LogP contribution is -2.38. The molecular weight excluding hydrogens is 559 g/mol. The molecule has 2 fully saturated rings. The highest BCUT2D eigenvalue weighted by Gasteiger charge is 2.38. The number of aliphatic carboxylic acids is 1. The van der Waals surface area contributed by atoms with E-state index in [0.717, 1.165) is 61.9 Å². The van der Waals surface area contributed by atoms with Gasteiger partial charge in [-0.05, 0) is 85.7 Å². The van der Waals surface area contributed by atoms with Gasteiger partial charge in [0, 0.05) is 50.4 Å². The van der Waals surface area contributed by atoms with E-state index >= 15 is 4.39 Å². The minimum atomic E-state index is -1.45. The molecule has 41 heavy (non-hydrogen) atoms. The number of ether oxygens (including phenoxy) is 2. The first kappa shape index (κ1) is 30.6. The van der Waals surface area contributed by atoms with E-state index in [2.05, 4.69) is 40.8 Å². The summed E-state index contributed by atoms with van der Waals surface area (Å²) in [6.45, 7) is 3.09. The van der Waals surface area contributed by atoms with Crippen LogP contribution in [0.25, 0.3) is 0 Å². The molecular formula is C31H44FN3O4P2. The smallest absolute Gasteiger partial charge is 0.325 e. The van der Waals surface area contributed by atoms with Crippen LogP contribution < -0.4 is 15.4 Å². The topological polar surface area (TPSA) is 83.9 Å². The van der Waals surface area contributed by atoms with Crippen LogP contribution in [0.15, 0.2) is 30.3 Å². The van der Waals surface area contributed by atoms with Crippen molar-refractivity contribution in [1.82, 2.24) is 9.88 Å². The Morgan fingerprint density at radius 2 is 2.10 bits per heavy atom. The Kier molecular flexibility index (Phi) is 10.5. The zero-order chi connectivity index (χ0) is 28.8. The number of fused-ring (bicyclic) bond motifs is 1. The summed E-state index contributed by atoms with van der Waals surface area (Å²) in [5, 5.41) is 14.6. The summed E-state index contributed by atoms with van der Waals surface area (Å²) in [5.41, 5.74) is 2.04. The minimum Gasteiger partial charge on any atom is -0.490 e. The number of aryl methyl sites for hydroxylation is 2. The number of carboxylic acids is 1. The van der Waals surface area contributed by atoms with E-state index in [1.54, 1.807) is 6.07 Å². The number of nitrogens with zero attached hydrogens (tertiary/aromatic N) is 2. The van der Waals surface area contributed by atoms with Crippen molar-refractivity contribution in [3.05, 3.63) is 47.2 Å². The molecule has 0 aliphatic carbocycles. The summed E-state index contributed by atoms with van der Waals surface area (Å²) < 4.78 is 26.5. The van der Waals surface area contributed by atoms with Crippen LogP contribution >= 0.6 is 18.5 Å². The van der Waals surface area contributed by atoms with Gasteiger partial charge in [-0.1, -0.05) is 18.6 Å². The van der Waals surface area contributed by atoms with E-state index < -0.39 is 17.7 Å². The van der Waals surface area contributed by atoms with Crippen LogP contribution in [-0.4, -0.2) is 71.7 Å². The number of pyridine rings is 1. The molecule has 2 aromatic rings. The maximum Gasteiger partial charge on any atom is 0.325 e. The molecule has 7 nitrogen and oxygen atoms in total. The second-order valence-corrected chi connectivity index (χ2v) is 13.4. The van der Waals surface area contributed by atoms with Crippen molar-refractivity contribution in [3.63, 3.8) is 0 Å². The fourth-order valence-electron chi connectivity index (χ4n) is 6.32. The monoisotopic (exact) mass is 603 g/mol. The van der Waals surface area contributed by atoms with Crippen LogP contribution in [0.2, 0.25) is 0 Å². The van der Waals surface area contributed by atoms with Crippen molar-refractivity contribution in [2.75, 3.05) is 44.8 Å². The van der Waals surface area contributed by atoms with Crippen LogP contribution in [0.5, 0.6) is 5.75 Å². The SMILES string of the molecule is O=C(O)C(c1cc(P)ccc1OCC1(F)CCOCC1)N1CC[C@@H](C(P)CCCCc2ccc3c(n2)NCCC3)C1. The molecule has 2 N–H and O–H groups in total. The Labute approximate surface area is 247 Å². The molecule has 0 saturated carbocycles. The average molecular weight is 604 g/mol. The number of nitrogens with one attached hydrogen (secondary N) is 1. The number of anilines is 1. The van der Waals surface area contributed by atoms with E-state index in [1.807, 2.05) is 12.1 Å². The summed E-state index contributed by atoms with van der Waals surface area (Å²) in [4.78, 5) is 19.5. The molecule has 3 aliphatic heterocycles. The van der Waals surface area contributed by atoms with Crippen LogP contribution in [0.4, 0.5) is 10.2 Å². The van der Waals surface area contributed by atoms with Gasteiger partial charge < -0.3 is 19.9 Å².